The first kappa shape index (κ1) is 41.0. The molecule has 0 unspecified atom stereocenters. The van der Waals surface area contributed by atoms with Crippen LogP contribution >= 0.6 is 0 Å². The van der Waals surface area contributed by atoms with Gasteiger partial charge in [-0.25, -0.2) is 0 Å². The number of carbonyl (C=O) groups excluding carboxylic acids is 3. The van der Waals surface area contributed by atoms with Crippen molar-refractivity contribution in [1.29, 1.82) is 5.26 Å². The molecule has 0 spiro atoms. The van der Waals surface area contributed by atoms with E-state index < -0.39 is 5.92 Å². The Kier molecular flexibility index (Phi) is 22.0. The van der Waals surface area contributed by atoms with E-state index in [1.165, 1.54) is 0 Å². The Bertz CT molecular complexity index is 1060. The van der Waals surface area contributed by atoms with Gasteiger partial charge in [0.05, 0.1) is 72.0 Å². The van der Waals surface area contributed by atoms with Gasteiger partial charge in [0, 0.05) is 70.7 Å². The number of allylic oxidation sites excluding steroid dienone is 1. The number of amides is 3. The topological polar surface area (TPSA) is 148 Å². The Hall–Kier alpha value is -2.05. The number of likely N-dealkylation sites (tertiary alicyclic amines) is 1. The molecule has 1 aliphatic rings. The fourth-order valence-electron chi connectivity index (χ4n) is 4.55. The van der Waals surface area contributed by atoms with E-state index in [9.17, 15) is 19.6 Å². The number of hydrogen-bond acceptors (Lipinski definition) is 9. The monoisotopic (exact) mass is 774 g/mol. The largest absolute Gasteiger partial charge is 0.528 e. The van der Waals surface area contributed by atoms with Crippen molar-refractivity contribution in [3.63, 3.8) is 0 Å². The average Bonchev–Trinajstić information content (AvgIpc) is 3.46. The van der Waals surface area contributed by atoms with Gasteiger partial charge in [-0.1, -0.05) is 57.2 Å². The van der Waals surface area contributed by atoms with Gasteiger partial charge in [0.25, 0.3) is 5.91 Å². The number of nitrogens with one attached hydrogen (secondary N) is 2. The van der Waals surface area contributed by atoms with E-state index >= 15 is 0 Å². The van der Waals surface area contributed by atoms with Crippen molar-refractivity contribution in [2.75, 3.05) is 92.2 Å². The third-order valence-corrected chi connectivity index (χ3v) is 6.58. The Morgan fingerprint density at radius 3 is 1.89 bits per heavy atom. The van der Waals surface area contributed by atoms with Gasteiger partial charge in [0.1, 0.15) is 11.6 Å². The van der Waals surface area contributed by atoms with E-state index in [2.05, 4.69) is 10.6 Å². The van der Waals surface area contributed by atoms with Crippen LogP contribution in [0.1, 0.15) is 32.3 Å². The number of carbonyl (C=O) groups is 2. The maximum Gasteiger partial charge on any atom is 0.264 e. The molecule has 1 fully saturated rings. The minimum absolute atomic E-state index is 0. The van der Waals surface area contributed by atoms with E-state index in [4.69, 9.17) is 23.7 Å². The van der Waals surface area contributed by atoms with E-state index in [0.29, 0.717) is 85.7 Å². The van der Waals surface area contributed by atoms with Crippen LogP contribution in [0, 0.1) is 61.3 Å². The van der Waals surface area contributed by atoms with Gasteiger partial charge in [-0.2, -0.15) is 11.7 Å². The second-order valence-electron chi connectivity index (χ2n) is 11.3. The van der Waals surface area contributed by atoms with Gasteiger partial charge in [-0.05, 0) is 11.0 Å². The van der Waals surface area contributed by atoms with Crippen LogP contribution in [0.3, 0.4) is 0 Å². The van der Waals surface area contributed by atoms with E-state index in [-0.39, 0.29) is 73.9 Å². The first-order valence-electron chi connectivity index (χ1n) is 15.0. The zero-order valence-electron chi connectivity index (χ0n) is 26.5. The van der Waals surface area contributed by atoms with Gasteiger partial charge in [-0.3, -0.25) is 9.59 Å². The SMILES string of the molecule is CC(C)(C)/C=C(\C#N)C(=O)N1C[C@@H](C(=O)NCCOCCOCCOCCOCCOCCN[C-]=O)[C@H](c2ccccc2)C1.[Tb]. The normalized spacial score (nSPS) is 16.5. The molecule has 3 amide bonds. The maximum absolute atomic E-state index is 13.2. The first-order chi connectivity index (χ1) is 21.3. The van der Waals surface area contributed by atoms with E-state index in [0.717, 1.165) is 5.56 Å². The second-order valence-corrected chi connectivity index (χ2v) is 11.3. The van der Waals surface area contributed by atoms with Crippen molar-refractivity contribution < 1.29 is 76.7 Å². The van der Waals surface area contributed by atoms with Gasteiger partial charge in [0.15, 0.2) is 0 Å². The van der Waals surface area contributed by atoms with Crippen LogP contribution in [-0.4, -0.2) is 115 Å². The summed E-state index contributed by atoms with van der Waals surface area (Å²) < 4.78 is 27.1. The van der Waals surface area contributed by atoms with Crippen molar-refractivity contribution in [3.8, 4) is 6.07 Å². The molecule has 12 nitrogen and oxygen atoms in total. The summed E-state index contributed by atoms with van der Waals surface area (Å²) in [4.78, 5) is 38.0. The van der Waals surface area contributed by atoms with Crippen LogP contribution in [0.15, 0.2) is 42.0 Å². The average molecular weight is 775 g/mol. The standard InChI is InChI=1S/C32H47N4O8.Tb/c1-32(2,3)21-27(22-33)31(39)36-23-28(26-7-5-4-6-8-26)29(24-36)30(38)35-10-12-41-14-16-43-18-20-44-19-17-42-15-13-40-11-9-34-25-37;/h4-8,21,28-29H,9-20,23-24H2,1-3H3,(H,34,37)(H,35,38);/q-1;/b27-21+;/t28-,29+;/m0./s1. The van der Waals surface area contributed by atoms with E-state index in [1.807, 2.05) is 57.2 Å². The molecule has 2 N–H and O–H groups in total. The zero-order chi connectivity index (χ0) is 32.0. The van der Waals surface area contributed by atoms with Gasteiger partial charge in [0.2, 0.25) is 5.91 Å². The molecule has 2 rings (SSSR count). The van der Waals surface area contributed by atoms with Crippen molar-refractivity contribution in [3.05, 3.63) is 47.5 Å². The Balaban J connectivity index is 0.0000101. The van der Waals surface area contributed by atoms with Crippen molar-refractivity contribution in [1.82, 2.24) is 15.5 Å². The summed E-state index contributed by atoms with van der Waals surface area (Å²) in [5, 5.41) is 14.9. The van der Waals surface area contributed by atoms with Crippen LogP contribution in [0.2, 0.25) is 0 Å². The van der Waals surface area contributed by atoms with Gasteiger partial charge in [-0.15, -0.1) is 0 Å². The molecule has 253 valence electrons. The number of ether oxygens (including phenoxy) is 5. The number of hydrogen-bond donors (Lipinski definition) is 2. The first-order valence-corrected chi connectivity index (χ1v) is 15.0. The summed E-state index contributed by atoms with van der Waals surface area (Å²) in [6.07, 6.45) is 3.26. The summed E-state index contributed by atoms with van der Waals surface area (Å²) in [6, 6.07) is 11.7. The molecule has 1 aliphatic heterocycles. The predicted molar refractivity (Wildman–Crippen MR) is 163 cm³/mol. The summed E-state index contributed by atoms with van der Waals surface area (Å²) in [5.41, 5.74) is 0.759. The molecule has 13 heteroatoms. The van der Waals surface area contributed by atoms with E-state index in [1.54, 1.807) is 17.4 Å². The number of nitriles is 1. The minimum atomic E-state index is -0.436. The van der Waals surface area contributed by atoms with Gasteiger partial charge < -0.3 is 44.0 Å². The molecular formula is C32H47N4O8Tb-. The second kappa shape index (κ2) is 24.2. The fourth-order valence-corrected chi connectivity index (χ4v) is 4.55. The quantitative estimate of drug-likeness (QED) is 0.0590. The molecule has 2 atom stereocenters. The molecule has 0 bridgehead atoms. The Morgan fingerprint density at radius 1 is 0.889 bits per heavy atom. The molecule has 1 heterocycles. The molecule has 0 saturated carbocycles. The number of rotatable bonds is 22. The fraction of sp³-hybridized carbons (Fsp3) is 0.625. The maximum atomic E-state index is 13.2. The van der Waals surface area contributed by atoms with Crippen LogP contribution in [-0.2, 0) is 38.1 Å². The Morgan fingerprint density at radius 2 is 1.40 bits per heavy atom. The van der Waals surface area contributed by atoms with Crippen molar-refractivity contribution in [2.24, 2.45) is 11.3 Å². The number of benzene rings is 1. The zero-order valence-corrected chi connectivity index (χ0v) is 28.7. The summed E-state index contributed by atoms with van der Waals surface area (Å²) in [5.74, 6) is -1.10. The molecule has 1 aromatic carbocycles. The minimum Gasteiger partial charge on any atom is -0.528 e. The van der Waals surface area contributed by atoms with Crippen LogP contribution in [0.5, 0.6) is 0 Å². The predicted octanol–water partition coefficient (Wildman–Crippen LogP) is 1.58. The van der Waals surface area contributed by atoms with Crippen LogP contribution in [0.25, 0.3) is 0 Å². The molecular weight excluding hydrogens is 727 g/mol. The van der Waals surface area contributed by atoms with Crippen LogP contribution < -0.4 is 10.6 Å². The molecule has 0 aromatic heterocycles. The molecule has 1 saturated heterocycles. The molecule has 1 radical (unpaired) electrons. The van der Waals surface area contributed by atoms with Crippen LogP contribution in [0.4, 0.5) is 0 Å². The molecule has 1 aromatic rings. The summed E-state index contributed by atoms with van der Waals surface area (Å²) in [7, 11) is 0. The third kappa shape index (κ3) is 17.4. The van der Waals surface area contributed by atoms with Crippen molar-refractivity contribution >= 4 is 18.2 Å². The molecule has 0 aliphatic carbocycles. The third-order valence-electron chi connectivity index (χ3n) is 6.58. The summed E-state index contributed by atoms with van der Waals surface area (Å²) in [6.45, 7) is 11.4. The van der Waals surface area contributed by atoms with Gasteiger partial charge >= 0.3 is 0 Å². The smallest absolute Gasteiger partial charge is 0.264 e. The van der Waals surface area contributed by atoms with Crippen molar-refractivity contribution in [2.45, 2.75) is 26.7 Å². The summed E-state index contributed by atoms with van der Waals surface area (Å²) >= 11 is 0. The molecule has 45 heavy (non-hydrogen) atoms. The Labute approximate surface area is 297 Å². The number of nitrogens with zero attached hydrogens (tertiary/aromatic N) is 2.